The molecule has 2 heteroatoms. The first-order valence-corrected chi connectivity index (χ1v) is 6.14. The van der Waals surface area contributed by atoms with Crippen molar-refractivity contribution in [2.45, 2.75) is 70.5 Å². The van der Waals surface area contributed by atoms with Gasteiger partial charge in [0.15, 0.2) is 0 Å². The summed E-state index contributed by atoms with van der Waals surface area (Å²) >= 11 is 0. The lowest BCUT2D eigenvalue weighted by molar-refractivity contribution is 0.241. The molecule has 1 rings (SSSR count). The number of hydrogen-bond acceptors (Lipinski definition) is 2. The number of hydrogen-bond donors (Lipinski definition) is 1. The second-order valence-corrected chi connectivity index (χ2v) is 4.31. The highest BCUT2D eigenvalue weighted by atomic mass is 16.6. The fraction of sp³-hybridized carbons (Fsp3) is 1.00. The molecule has 1 aliphatic rings. The summed E-state index contributed by atoms with van der Waals surface area (Å²) in [5, 5.41) is 8.75. The van der Waals surface area contributed by atoms with Crippen LogP contribution in [0.4, 0.5) is 0 Å². The summed E-state index contributed by atoms with van der Waals surface area (Å²) in [7, 11) is 0. The number of epoxide rings is 1. The number of aliphatic hydroxyl groups is 1. The van der Waals surface area contributed by atoms with Gasteiger partial charge in [0.1, 0.15) is 6.10 Å². The monoisotopic (exact) mass is 200 g/mol. The van der Waals surface area contributed by atoms with Gasteiger partial charge in [-0.1, -0.05) is 51.9 Å². The van der Waals surface area contributed by atoms with Crippen LogP contribution in [0.25, 0.3) is 0 Å². The summed E-state index contributed by atoms with van der Waals surface area (Å²) in [6.07, 6.45) is 11.2. The average molecular weight is 200 g/mol. The molecule has 0 saturated carbocycles. The third kappa shape index (κ3) is 4.97. The van der Waals surface area contributed by atoms with Crippen molar-refractivity contribution in [3.8, 4) is 0 Å². The molecular formula is C12H24O2. The first kappa shape index (κ1) is 12.0. The smallest absolute Gasteiger partial charge is 0.107 e. The fourth-order valence-corrected chi connectivity index (χ4v) is 1.90. The van der Waals surface area contributed by atoms with Crippen LogP contribution in [-0.4, -0.2) is 23.9 Å². The minimum Gasteiger partial charge on any atom is -0.394 e. The zero-order valence-electron chi connectivity index (χ0n) is 9.37. The predicted molar refractivity (Wildman–Crippen MR) is 58.4 cm³/mol. The molecule has 0 amide bonds. The molecule has 0 bridgehead atoms. The lowest BCUT2D eigenvalue weighted by Gasteiger charge is -1.99. The zero-order valence-corrected chi connectivity index (χ0v) is 9.37. The highest BCUT2D eigenvalue weighted by Gasteiger charge is 2.36. The van der Waals surface area contributed by atoms with Gasteiger partial charge < -0.3 is 9.84 Å². The minimum atomic E-state index is 0.176. The molecule has 2 nitrogen and oxygen atoms in total. The lowest BCUT2D eigenvalue weighted by Crippen LogP contribution is -1.98. The zero-order chi connectivity index (χ0) is 10.2. The number of rotatable bonds is 9. The van der Waals surface area contributed by atoms with Crippen LogP contribution < -0.4 is 0 Å². The van der Waals surface area contributed by atoms with Crippen molar-refractivity contribution in [2.24, 2.45) is 0 Å². The van der Waals surface area contributed by atoms with E-state index in [9.17, 15) is 0 Å². The Hall–Kier alpha value is -0.0800. The molecule has 2 atom stereocenters. The Kier molecular flexibility index (Phi) is 6.20. The summed E-state index contributed by atoms with van der Waals surface area (Å²) in [4.78, 5) is 0. The molecule has 14 heavy (non-hydrogen) atoms. The maximum atomic E-state index is 8.75. The first-order chi connectivity index (χ1) is 6.88. The van der Waals surface area contributed by atoms with Crippen LogP contribution in [0, 0.1) is 0 Å². The van der Waals surface area contributed by atoms with Crippen LogP contribution in [0.3, 0.4) is 0 Å². The highest BCUT2D eigenvalue weighted by molar-refractivity contribution is 4.83. The van der Waals surface area contributed by atoms with Crippen molar-refractivity contribution in [2.75, 3.05) is 6.61 Å². The van der Waals surface area contributed by atoms with E-state index in [-0.39, 0.29) is 12.7 Å². The van der Waals surface area contributed by atoms with Crippen LogP contribution in [0.1, 0.15) is 58.3 Å². The average Bonchev–Trinajstić information content (AvgIpc) is 2.95. The van der Waals surface area contributed by atoms with Crippen LogP contribution in [0.5, 0.6) is 0 Å². The van der Waals surface area contributed by atoms with Crippen molar-refractivity contribution in [3.63, 3.8) is 0 Å². The fourth-order valence-electron chi connectivity index (χ4n) is 1.90. The van der Waals surface area contributed by atoms with Gasteiger partial charge in [0.25, 0.3) is 0 Å². The van der Waals surface area contributed by atoms with E-state index in [1.54, 1.807) is 0 Å². The van der Waals surface area contributed by atoms with E-state index >= 15 is 0 Å². The van der Waals surface area contributed by atoms with Crippen molar-refractivity contribution in [1.82, 2.24) is 0 Å². The Balaban J connectivity index is 1.73. The second-order valence-electron chi connectivity index (χ2n) is 4.31. The summed E-state index contributed by atoms with van der Waals surface area (Å²) in [6, 6.07) is 0. The molecule has 0 radical (unpaired) electrons. The van der Waals surface area contributed by atoms with E-state index in [0.29, 0.717) is 6.10 Å². The summed E-state index contributed by atoms with van der Waals surface area (Å²) in [5.41, 5.74) is 0. The minimum absolute atomic E-state index is 0.176. The van der Waals surface area contributed by atoms with Crippen LogP contribution in [-0.2, 0) is 4.74 Å². The molecule has 1 aliphatic heterocycles. The Morgan fingerprint density at radius 1 is 0.929 bits per heavy atom. The molecule has 1 N–H and O–H groups in total. The van der Waals surface area contributed by atoms with E-state index in [4.69, 9.17) is 9.84 Å². The predicted octanol–water partition coefficient (Wildman–Crippen LogP) is 2.89. The third-order valence-corrected chi connectivity index (χ3v) is 2.96. The van der Waals surface area contributed by atoms with E-state index < -0.39 is 0 Å². The molecule has 1 unspecified atom stereocenters. The van der Waals surface area contributed by atoms with E-state index in [1.165, 1.54) is 44.9 Å². The van der Waals surface area contributed by atoms with Crippen molar-refractivity contribution in [3.05, 3.63) is 0 Å². The largest absolute Gasteiger partial charge is 0.394 e. The molecular weight excluding hydrogens is 176 g/mol. The summed E-state index contributed by atoms with van der Waals surface area (Å²) in [5.74, 6) is 0. The SMILES string of the molecule is CCCCCCCCCC1O[C@H]1CO. The van der Waals surface area contributed by atoms with Gasteiger partial charge in [-0.3, -0.25) is 0 Å². The van der Waals surface area contributed by atoms with Gasteiger partial charge in [-0.15, -0.1) is 0 Å². The van der Waals surface area contributed by atoms with Gasteiger partial charge >= 0.3 is 0 Å². The number of ether oxygens (including phenoxy) is 1. The van der Waals surface area contributed by atoms with Gasteiger partial charge in [-0.25, -0.2) is 0 Å². The lowest BCUT2D eigenvalue weighted by atomic mass is 10.1. The maximum absolute atomic E-state index is 8.75. The van der Waals surface area contributed by atoms with E-state index in [2.05, 4.69) is 6.92 Å². The van der Waals surface area contributed by atoms with Crippen molar-refractivity contribution < 1.29 is 9.84 Å². The summed E-state index contributed by atoms with van der Waals surface area (Å²) in [6.45, 7) is 2.46. The number of aliphatic hydroxyl groups excluding tert-OH is 1. The van der Waals surface area contributed by atoms with Crippen LogP contribution in [0.2, 0.25) is 0 Å². The Labute approximate surface area is 87.7 Å². The van der Waals surface area contributed by atoms with Gasteiger partial charge in [-0.2, -0.15) is 0 Å². The second kappa shape index (κ2) is 7.24. The van der Waals surface area contributed by atoms with Gasteiger partial charge in [-0.05, 0) is 6.42 Å². The normalized spacial score (nSPS) is 25.3. The van der Waals surface area contributed by atoms with E-state index in [0.717, 1.165) is 6.42 Å². The Morgan fingerprint density at radius 2 is 1.57 bits per heavy atom. The standard InChI is InChI=1S/C12H24O2/c1-2-3-4-5-6-7-8-9-11-12(10-13)14-11/h11-13H,2-10H2,1H3/t11?,12-/m0/s1. The molecule has 0 aromatic rings. The molecule has 1 saturated heterocycles. The van der Waals surface area contributed by atoms with E-state index in [1.807, 2.05) is 0 Å². The van der Waals surface area contributed by atoms with Crippen LogP contribution in [0.15, 0.2) is 0 Å². The molecule has 0 spiro atoms. The van der Waals surface area contributed by atoms with Crippen molar-refractivity contribution >= 4 is 0 Å². The van der Waals surface area contributed by atoms with Crippen LogP contribution >= 0.6 is 0 Å². The topological polar surface area (TPSA) is 32.8 Å². The van der Waals surface area contributed by atoms with Gasteiger partial charge in [0.05, 0.1) is 12.7 Å². The van der Waals surface area contributed by atoms with Gasteiger partial charge in [0, 0.05) is 0 Å². The molecule has 84 valence electrons. The Bertz CT molecular complexity index is 136. The molecule has 0 aliphatic carbocycles. The third-order valence-electron chi connectivity index (χ3n) is 2.96. The quantitative estimate of drug-likeness (QED) is 0.458. The molecule has 0 aromatic heterocycles. The van der Waals surface area contributed by atoms with Gasteiger partial charge in [0.2, 0.25) is 0 Å². The summed E-state index contributed by atoms with van der Waals surface area (Å²) < 4.78 is 5.26. The number of unbranched alkanes of at least 4 members (excludes halogenated alkanes) is 6. The molecule has 1 fully saturated rings. The molecule has 0 aromatic carbocycles. The first-order valence-electron chi connectivity index (χ1n) is 6.14. The van der Waals surface area contributed by atoms with Crippen molar-refractivity contribution in [1.29, 1.82) is 0 Å². The molecule has 1 heterocycles. The highest BCUT2D eigenvalue weighted by Crippen LogP contribution is 2.26. The Morgan fingerprint density at radius 3 is 2.14 bits per heavy atom. The maximum Gasteiger partial charge on any atom is 0.107 e.